The summed E-state index contributed by atoms with van der Waals surface area (Å²) in [5.41, 5.74) is 4.18. The molecular weight excluding hydrogens is 380 g/mol. The molecule has 4 nitrogen and oxygen atoms in total. The van der Waals surface area contributed by atoms with Crippen LogP contribution in [0.2, 0.25) is 0 Å². The number of aromatic amines is 1. The summed E-state index contributed by atoms with van der Waals surface area (Å²) in [6.07, 6.45) is 1.60. The lowest BCUT2D eigenvalue weighted by atomic mass is 10.2. The zero-order valence-corrected chi connectivity index (χ0v) is 15.8. The molecule has 126 valence electrons. The van der Waals surface area contributed by atoms with E-state index in [4.69, 9.17) is 12.2 Å². The lowest BCUT2D eigenvalue weighted by Crippen LogP contribution is -1.93. The number of nitrogens with zero attached hydrogens (tertiary/aromatic N) is 2. The van der Waals surface area contributed by atoms with Crippen molar-refractivity contribution in [2.24, 2.45) is 0 Å². The summed E-state index contributed by atoms with van der Waals surface area (Å²) in [7, 11) is 0. The van der Waals surface area contributed by atoms with E-state index in [1.165, 1.54) is 10.4 Å². The minimum absolute atomic E-state index is 0.785. The van der Waals surface area contributed by atoms with E-state index in [1.807, 2.05) is 30.3 Å². The number of fused-ring (bicyclic) bond motifs is 2. The van der Waals surface area contributed by atoms with Crippen molar-refractivity contribution in [1.29, 1.82) is 0 Å². The normalized spacial score (nSPS) is 11.2. The van der Waals surface area contributed by atoms with Crippen LogP contribution in [0.3, 0.4) is 0 Å². The van der Waals surface area contributed by atoms with E-state index in [0.29, 0.717) is 0 Å². The molecule has 0 fully saturated rings. The Labute approximate surface area is 162 Å². The first kappa shape index (κ1) is 15.6. The highest BCUT2D eigenvalue weighted by molar-refractivity contribution is 7.73. The fraction of sp³-hybridized carbons (Fsp3) is 0. The van der Waals surface area contributed by atoms with Gasteiger partial charge in [0.25, 0.3) is 0 Å². The molecule has 0 saturated carbocycles. The molecule has 7 heteroatoms. The Bertz CT molecular complexity index is 1280. The van der Waals surface area contributed by atoms with E-state index in [1.54, 1.807) is 29.0 Å². The average molecular weight is 393 g/mol. The Morgan fingerprint density at radius 2 is 1.85 bits per heavy atom. The number of thiazole rings is 1. The van der Waals surface area contributed by atoms with Gasteiger partial charge in [0.05, 0.1) is 20.4 Å². The van der Waals surface area contributed by atoms with Crippen LogP contribution in [0, 0.1) is 3.95 Å². The van der Waals surface area contributed by atoms with E-state index in [0.717, 1.165) is 35.9 Å². The fourth-order valence-electron chi connectivity index (χ4n) is 2.85. The maximum Gasteiger partial charge on any atom is 0.159 e. The number of hydrogen-bond donors (Lipinski definition) is 2. The van der Waals surface area contributed by atoms with Crippen molar-refractivity contribution in [1.82, 2.24) is 15.0 Å². The quantitative estimate of drug-likeness (QED) is 0.350. The molecule has 0 unspecified atom stereocenters. The molecule has 0 radical (unpaired) electrons. The minimum atomic E-state index is 0.785. The number of rotatable bonds is 3. The van der Waals surface area contributed by atoms with Gasteiger partial charge >= 0.3 is 0 Å². The average Bonchev–Trinajstić information content (AvgIpc) is 3.25. The van der Waals surface area contributed by atoms with Crippen LogP contribution in [0.15, 0.2) is 60.9 Å². The summed E-state index contributed by atoms with van der Waals surface area (Å²) in [5.74, 6) is 0.820. The maximum atomic E-state index is 5.22. The summed E-state index contributed by atoms with van der Waals surface area (Å²) in [4.78, 5) is 13.2. The van der Waals surface area contributed by atoms with Gasteiger partial charge in [0.15, 0.2) is 9.77 Å². The largest absolute Gasteiger partial charge is 0.339 e. The Hall–Kier alpha value is -2.61. The molecule has 2 N–H and O–H groups in total. The number of anilines is 2. The minimum Gasteiger partial charge on any atom is -0.339 e. The molecule has 0 aliphatic rings. The van der Waals surface area contributed by atoms with Crippen molar-refractivity contribution >= 4 is 66.8 Å². The van der Waals surface area contributed by atoms with E-state index in [9.17, 15) is 0 Å². The highest BCUT2D eigenvalue weighted by Gasteiger charge is 2.11. The van der Waals surface area contributed by atoms with Crippen molar-refractivity contribution in [3.63, 3.8) is 0 Å². The van der Waals surface area contributed by atoms with Crippen LogP contribution in [0.5, 0.6) is 0 Å². The zero-order chi connectivity index (χ0) is 17.5. The molecule has 0 atom stereocenters. The van der Waals surface area contributed by atoms with Gasteiger partial charge in [-0.3, -0.25) is 0 Å². The lowest BCUT2D eigenvalue weighted by molar-refractivity contribution is 1.23. The standard InChI is InChI=1S/C19H12N4S3/c24-19-23-13-7-6-12(8-16(13)26-19)22-18-17-14(20-10-21-18)9-15(25-17)11-4-2-1-3-5-11/h1-10H,(H,23,24)(H,20,21,22). The number of hydrogen-bond acceptors (Lipinski definition) is 6. The Balaban J connectivity index is 1.57. The van der Waals surface area contributed by atoms with Crippen molar-refractivity contribution in [2.75, 3.05) is 5.32 Å². The van der Waals surface area contributed by atoms with Gasteiger partial charge in [-0.05, 0) is 42.0 Å². The number of aromatic nitrogens is 3. The molecule has 2 aromatic carbocycles. The number of nitrogens with one attached hydrogen (secondary N) is 2. The van der Waals surface area contributed by atoms with Crippen molar-refractivity contribution in [2.45, 2.75) is 0 Å². The van der Waals surface area contributed by atoms with Crippen molar-refractivity contribution in [3.8, 4) is 10.4 Å². The third-order valence-corrected chi connectivity index (χ3v) is 6.43. The van der Waals surface area contributed by atoms with Crippen molar-refractivity contribution in [3.05, 3.63) is 64.9 Å². The van der Waals surface area contributed by atoms with Crippen LogP contribution in [-0.2, 0) is 0 Å². The van der Waals surface area contributed by atoms with E-state index in [2.05, 4.69) is 44.5 Å². The molecule has 26 heavy (non-hydrogen) atoms. The first-order valence-corrected chi connectivity index (χ1v) is 10.0. The smallest absolute Gasteiger partial charge is 0.159 e. The lowest BCUT2D eigenvalue weighted by Gasteiger charge is -2.06. The predicted octanol–water partition coefficient (Wildman–Crippen LogP) is 6.37. The summed E-state index contributed by atoms with van der Waals surface area (Å²) in [6, 6.07) is 18.6. The highest BCUT2D eigenvalue weighted by Crippen LogP contribution is 2.36. The molecule has 5 aromatic rings. The van der Waals surface area contributed by atoms with E-state index >= 15 is 0 Å². The topological polar surface area (TPSA) is 53.6 Å². The second kappa shape index (κ2) is 6.28. The Kier molecular flexibility index (Phi) is 3.77. The molecule has 0 aliphatic carbocycles. The third-order valence-electron chi connectivity index (χ3n) is 4.05. The van der Waals surface area contributed by atoms with Gasteiger partial charge in [0.2, 0.25) is 0 Å². The first-order chi connectivity index (χ1) is 12.8. The number of thiophene rings is 1. The summed E-state index contributed by atoms with van der Waals surface area (Å²) in [5, 5.41) is 3.43. The Morgan fingerprint density at radius 1 is 0.962 bits per heavy atom. The molecular formula is C19H12N4S3. The SMILES string of the molecule is S=c1[nH]c2ccc(Nc3ncnc4cc(-c5ccccc5)sc34)cc2s1. The predicted molar refractivity (Wildman–Crippen MR) is 113 cm³/mol. The van der Waals surface area contributed by atoms with Gasteiger partial charge in [-0.25, -0.2) is 9.97 Å². The first-order valence-electron chi connectivity index (χ1n) is 7.96. The molecule has 0 aliphatic heterocycles. The van der Waals surface area contributed by atoms with Crippen LogP contribution in [0.1, 0.15) is 0 Å². The molecule has 3 aromatic heterocycles. The van der Waals surface area contributed by atoms with E-state index < -0.39 is 0 Å². The van der Waals surface area contributed by atoms with Gasteiger partial charge in [0, 0.05) is 10.6 Å². The molecule has 3 heterocycles. The second-order valence-corrected chi connectivity index (χ2v) is 8.53. The van der Waals surface area contributed by atoms with E-state index in [-0.39, 0.29) is 0 Å². The summed E-state index contributed by atoms with van der Waals surface area (Å²) < 4.78 is 2.96. The monoisotopic (exact) mass is 392 g/mol. The van der Waals surface area contributed by atoms with Crippen LogP contribution < -0.4 is 5.32 Å². The molecule has 0 spiro atoms. The van der Waals surface area contributed by atoms with Crippen LogP contribution >= 0.6 is 34.9 Å². The van der Waals surface area contributed by atoms with Gasteiger partial charge < -0.3 is 10.3 Å². The third kappa shape index (κ3) is 2.80. The fourth-order valence-corrected chi connectivity index (χ4v) is 5.06. The highest BCUT2D eigenvalue weighted by atomic mass is 32.1. The van der Waals surface area contributed by atoms with Gasteiger partial charge in [0.1, 0.15) is 6.33 Å². The molecule has 5 rings (SSSR count). The summed E-state index contributed by atoms with van der Waals surface area (Å²) in [6.45, 7) is 0. The molecule has 0 saturated heterocycles. The van der Waals surface area contributed by atoms with Gasteiger partial charge in [-0.1, -0.05) is 30.3 Å². The number of H-pyrrole nitrogens is 1. The van der Waals surface area contributed by atoms with Gasteiger partial charge in [-0.15, -0.1) is 22.7 Å². The molecule has 0 amide bonds. The van der Waals surface area contributed by atoms with Crippen LogP contribution in [-0.4, -0.2) is 15.0 Å². The van der Waals surface area contributed by atoms with Gasteiger partial charge in [-0.2, -0.15) is 0 Å². The Morgan fingerprint density at radius 3 is 2.73 bits per heavy atom. The number of benzene rings is 2. The van der Waals surface area contributed by atoms with Crippen molar-refractivity contribution < 1.29 is 0 Å². The molecule has 0 bridgehead atoms. The van der Waals surface area contributed by atoms with Crippen LogP contribution in [0.25, 0.3) is 30.9 Å². The maximum absolute atomic E-state index is 5.22. The summed E-state index contributed by atoms with van der Waals surface area (Å²) >= 11 is 8.49. The zero-order valence-electron chi connectivity index (χ0n) is 13.4. The van der Waals surface area contributed by atoms with Crippen LogP contribution in [0.4, 0.5) is 11.5 Å². The second-order valence-electron chi connectivity index (χ2n) is 5.76.